The number of alkyl carbamates (subject to hydrolysis) is 1. The van der Waals surface area contributed by atoms with E-state index in [1.165, 1.54) is 0 Å². The molecule has 0 aliphatic carbocycles. The molecule has 1 saturated heterocycles. The molecule has 0 bridgehead atoms. The number of Topliss-reactive ketones (excluding diaryl/α,β-unsaturated/α-hetero) is 1. The third-order valence-electron chi connectivity index (χ3n) is 4.82. The second-order valence-corrected chi connectivity index (χ2v) is 8.32. The number of pyridine rings is 1. The molecular weight excluding hydrogens is 386 g/mol. The first kappa shape index (κ1) is 23.8. The van der Waals surface area contributed by atoms with Crippen LogP contribution >= 0.6 is 0 Å². The van der Waals surface area contributed by atoms with E-state index in [4.69, 9.17) is 4.74 Å². The maximum absolute atomic E-state index is 12.8. The minimum atomic E-state index is -0.765. The van der Waals surface area contributed by atoms with E-state index in [0.29, 0.717) is 19.5 Å². The van der Waals surface area contributed by atoms with Gasteiger partial charge in [-0.3, -0.25) is 19.5 Å². The van der Waals surface area contributed by atoms with Crippen LogP contribution in [0.2, 0.25) is 0 Å². The Balaban J connectivity index is 1.88. The summed E-state index contributed by atoms with van der Waals surface area (Å²) in [7, 11) is 3.96. The van der Waals surface area contributed by atoms with Gasteiger partial charge in [-0.15, -0.1) is 0 Å². The second kappa shape index (κ2) is 11.6. The lowest BCUT2D eigenvalue weighted by molar-refractivity contribution is -0.127. The number of likely N-dealkylation sites (tertiary alicyclic amines) is 1. The van der Waals surface area contributed by atoms with Crippen LogP contribution in [0, 0.1) is 5.92 Å². The van der Waals surface area contributed by atoms with Crippen molar-refractivity contribution in [2.24, 2.45) is 5.92 Å². The summed E-state index contributed by atoms with van der Waals surface area (Å²) in [5, 5.41) is 5.45. The molecule has 2 rings (SSSR count). The highest BCUT2D eigenvalue weighted by atomic mass is 16.5. The normalized spacial score (nSPS) is 17.9. The van der Waals surface area contributed by atoms with Crippen LogP contribution in [0.25, 0.3) is 0 Å². The van der Waals surface area contributed by atoms with Gasteiger partial charge >= 0.3 is 6.09 Å². The van der Waals surface area contributed by atoms with Crippen molar-refractivity contribution < 1.29 is 19.1 Å². The number of amides is 2. The fourth-order valence-corrected chi connectivity index (χ4v) is 3.18. The maximum atomic E-state index is 12.8. The summed E-state index contributed by atoms with van der Waals surface area (Å²) in [4.78, 5) is 45.3. The van der Waals surface area contributed by atoms with Crippen LogP contribution in [0.3, 0.4) is 0 Å². The summed E-state index contributed by atoms with van der Waals surface area (Å²) in [5.74, 6) is -0.194. The van der Waals surface area contributed by atoms with E-state index in [1.54, 1.807) is 24.5 Å². The van der Waals surface area contributed by atoms with E-state index in [9.17, 15) is 14.4 Å². The minimum Gasteiger partial charge on any atom is -0.445 e. The van der Waals surface area contributed by atoms with Gasteiger partial charge in [0.1, 0.15) is 18.7 Å². The summed E-state index contributed by atoms with van der Waals surface area (Å²) in [5.41, 5.74) is 0.805. The van der Waals surface area contributed by atoms with Crippen LogP contribution in [0.4, 0.5) is 4.79 Å². The number of ether oxygens (including phenoxy) is 1. The number of hydrogen-bond donors (Lipinski definition) is 2. The summed E-state index contributed by atoms with van der Waals surface area (Å²) in [6.45, 7) is 6.44. The molecule has 2 N–H and O–H groups in total. The van der Waals surface area contributed by atoms with Gasteiger partial charge in [0.25, 0.3) is 0 Å². The number of carbonyl (C=O) groups is 3. The van der Waals surface area contributed by atoms with Crippen LogP contribution in [0.15, 0.2) is 24.5 Å². The van der Waals surface area contributed by atoms with Gasteiger partial charge in [0.05, 0.1) is 6.54 Å². The van der Waals surface area contributed by atoms with Crippen LogP contribution < -0.4 is 10.6 Å². The van der Waals surface area contributed by atoms with Crippen molar-refractivity contribution in [3.63, 3.8) is 0 Å². The smallest absolute Gasteiger partial charge is 0.408 e. The zero-order valence-corrected chi connectivity index (χ0v) is 18.3. The van der Waals surface area contributed by atoms with E-state index in [2.05, 4.69) is 20.5 Å². The SMILES string of the molecule is CC(C)C[C@H](NC(=O)OCc1ccncc1)C(=O)NC1CN(CCN(C)C)CC1=O. The average Bonchev–Trinajstić information content (AvgIpc) is 3.04. The zero-order chi connectivity index (χ0) is 22.1. The van der Waals surface area contributed by atoms with Crippen LogP contribution in [-0.4, -0.2) is 84.9 Å². The van der Waals surface area contributed by atoms with Crippen molar-refractivity contribution >= 4 is 17.8 Å². The molecule has 1 aliphatic rings. The quantitative estimate of drug-likeness (QED) is 0.574. The van der Waals surface area contributed by atoms with Crippen LogP contribution in [-0.2, 0) is 20.9 Å². The second-order valence-electron chi connectivity index (χ2n) is 8.32. The van der Waals surface area contributed by atoms with Crippen molar-refractivity contribution in [1.29, 1.82) is 0 Å². The van der Waals surface area contributed by atoms with Gasteiger partial charge in [-0.1, -0.05) is 13.8 Å². The zero-order valence-electron chi connectivity index (χ0n) is 18.3. The Morgan fingerprint density at radius 2 is 2.00 bits per heavy atom. The Labute approximate surface area is 178 Å². The number of ketones is 1. The van der Waals surface area contributed by atoms with Crippen LogP contribution in [0.5, 0.6) is 0 Å². The van der Waals surface area contributed by atoms with Crippen molar-refractivity contribution in [1.82, 2.24) is 25.4 Å². The Morgan fingerprint density at radius 1 is 1.30 bits per heavy atom. The van der Waals surface area contributed by atoms with E-state index >= 15 is 0 Å². The topological polar surface area (TPSA) is 104 Å². The molecule has 2 amide bonds. The molecule has 0 aromatic carbocycles. The monoisotopic (exact) mass is 419 g/mol. The third kappa shape index (κ3) is 8.08. The molecule has 1 aromatic rings. The molecule has 0 spiro atoms. The van der Waals surface area contributed by atoms with Crippen molar-refractivity contribution in [3.8, 4) is 0 Å². The molecule has 1 fully saturated rings. The molecule has 166 valence electrons. The highest BCUT2D eigenvalue weighted by Gasteiger charge is 2.34. The van der Waals surface area contributed by atoms with Gasteiger partial charge in [0, 0.05) is 32.0 Å². The molecule has 0 radical (unpaired) electrons. The summed E-state index contributed by atoms with van der Waals surface area (Å²) in [6, 6.07) is 2.18. The molecule has 1 aliphatic heterocycles. The Bertz CT molecular complexity index is 711. The predicted octanol–water partition coefficient (Wildman–Crippen LogP) is 0.654. The summed E-state index contributed by atoms with van der Waals surface area (Å²) >= 11 is 0. The number of rotatable bonds is 10. The van der Waals surface area contributed by atoms with Gasteiger partial charge in [-0.05, 0) is 44.1 Å². The fraction of sp³-hybridized carbons (Fsp3) is 0.619. The maximum Gasteiger partial charge on any atom is 0.408 e. The molecule has 30 heavy (non-hydrogen) atoms. The molecule has 9 heteroatoms. The van der Waals surface area contributed by atoms with E-state index < -0.39 is 18.2 Å². The summed E-state index contributed by atoms with van der Waals surface area (Å²) in [6.07, 6.45) is 3.01. The highest BCUT2D eigenvalue weighted by Crippen LogP contribution is 2.10. The van der Waals surface area contributed by atoms with Gasteiger partial charge in [-0.25, -0.2) is 4.79 Å². The highest BCUT2D eigenvalue weighted by molar-refractivity contribution is 5.94. The van der Waals surface area contributed by atoms with E-state index in [-0.39, 0.29) is 24.2 Å². The van der Waals surface area contributed by atoms with Crippen molar-refractivity contribution in [2.75, 3.05) is 40.3 Å². The number of likely N-dealkylation sites (N-methyl/N-ethyl adjacent to an activating group) is 1. The number of hydrogen-bond acceptors (Lipinski definition) is 7. The Hall–Kier alpha value is -2.52. The van der Waals surface area contributed by atoms with Gasteiger partial charge in [0.2, 0.25) is 5.91 Å². The minimum absolute atomic E-state index is 0.00864. The number of nitrogens with zero attached hydrogens (tertiary/aromatic N) is 3. The lowest BCUT2D eigenvalue weighted by Gasteiger charge is -2.22. The summed E-state index contributed by atoms with van der Waals surface area (Å²) < 4.78 is 5.22. The first-order valence-electron chi connectivity index (χ1n) is 10.3. The lowest BCUT2D eigenvalue weighted by Crippen LogP contribution is -2.52. The predicted molar refractivity (Wildman–Crippen MR) is 113 cm³/mol. The van der Waals surface area contributed by atoms with Crippen molar-refractivity contribution in [3.05, 3.63) is 30.1 Å². The molecule has 1 aromatic heterocycles. The first-order chi connectivity index (χ1) is 14.2. The lowest BCUT2D eigenvalue weighted by atomic mass is 10.0. The fourth-order valence-electron chi connectivity index (χ4n) is 3.18. The largest absolute Gasteiger partial charge is 0.445 e. The van der Waals surface area contributed by atoms with E-state index in [1.807, 2.05) is 32.8 Å². The molecule has 2 heterocycles. The Morgan fingerprint density at radius 3 is 2.63 bits per heavy atom. The number of nitrogens with one attached hydrogen (secondary N) is 2. The first-order valence-corrected chi connectivity index (χ1v) is 10.3. The average molecular weight is 420 g/mol. The third-order valence-corrected chi connectivity index (χ3v) is 4.82. The molecule has 0 saturated carbocycles. The molecular formula is C21H33N5O4. The number of carbonyl (C=O) groups excluding carboxylic acids is 3. The molecule has 9 nitrogen and oxygen atoms in total. The van der Waals surface area contributed by atoms with Crippen molar-refractivity contribution in [2.45, 2.75) is 39.0 Å². The molecule has 2 atom stereocenters. The van der Waals surface area contributed by atoms with Crippen LogP contribution in [0.1, 0.15) is 25.8 Å². The Kier molecular flexibility index (Phi) is 9.19. The van der Waals surface area contributed by atoms with Gasteiger partial charge in [-0.2, -0.15) is 0 Å². The number of aromatic nitrogens is 1. The van der Waals surface area contributed by atoms with Gasteiger partial charge in [0.15, 0.2) is 5.78 Å². The molecule has 1 unspecified atom stereocenters. The van der Waals surface area contributed by atoms with E-state index in [0.717, 1.165) is 18.7 Å². The standard InChI is InChI=1S/C21H33N5O4/c1-15(2)11-17(24-21(29)30-14-16-5-7-22-8-6-16)20(28)23-18-12-26(13-19(18)27)10-9-25(3)4/h5-8,15,17-18H,9-14H2,1-4H3,(H,23,28)(H,24,29)/t17-,18?/m0/s1. The van der Waals surface area contributed by atoms with Gasteiger partial charge < -0.3 is 20.3 Å².